The lowest BCUT2D eigenvalue weighted by atomic mass is 10.3. The summed E-state index contributed by atoms with van der Waals surface area (Å²) in [6, 6.07) is 0. The molecule has 0 aliphatic carbocycles. The molecular weight excluding hydrogens is 128 g/mol. The topological polar surface area (TPSA) is 26.3 Å². The maximum atomic E-state index is 10.3. The lowest BCUT2D eigenvalue weighted by Crippen LogP contribution is -1.94. The number of hydrogen-bond donors (Lipinski definition) is 0. The highest BCUT2D eigenvalue weighted by molar-refractivity contribution is 5.82. The minimum Gasteiger partial charge on any atom is -0.466 e. The largest absolute Gasteiger partial charge is 0.466 e. The smallest absolute Gasteiger partial charge is 0.330 e. The molecule has 60 valence electrons. The van der Waals surface area contributed by atoms with E-state index in [1.807, 2.05) is 27.7 Å². The van der Waals surface area contributed by atoms with E-state index in [9.17, 15) is 4.79 Å². The Morgan fingerprint density at radius 2 is 1.70 bits per heavy atom. The third-order valence-corrected chi connectivity index (χ3v) is 0.608. The summed E-state index contributed by atoms with van der Waals surface area (Å²) in [5, 5.41) is 0. The third-order valence-electron chi connectivity index (χ3n) is 0.608. The zero-order valence-corrected chi connectivity index (χ0v) is 7.39. The predicted octanol–water partition coefficient (Wildman–Crippen LogP) is 2.15. The Labute approximate surface area is 62.9 Å². The summed E-state index contributed by atoms with van der Waals surface area (Å²) in [7, 11) is 1.36. The Morgan fingerprint density at radius 3 is 1.80 bits per heavy atom. The van der Waals surface area contributed by atoms with E-state index in [1.165, 1.54) is 13.2 Å². The molecular formula is C8H16O2. The molecule has 0 rings (SSSR count). The van der Waals surface area contributed by atoms with E-state index >= 15 is 0 Å². The molecule has 2 nitrogen and oxygen atoms in total. The number of rotatable bonds is 1. The minimum atomic E-state index is -0.287. The van der Waals surface area contributed by atoms with Crippen LogP contribution in [0.5, 0.6) is 0 Å². The lowest BCUT2D eigenvalue weighted by Gasteiger charge is -1.89. The van der Waals surface area contributed by atoms with Crippen LogP contribution in [0.2, 0.25) is 0 Å². The van der Waals surface area contributed by atoms with Crippen LogP contribution in [0.15, 0.2) is 11.6 Å². The van der Waals surface area contributed by atoms with Gasteiger partial charge in [-0.15, -0.1) is 0 Å². The monoisotopic (exact) mass is 144 g/mol. The summed E-state index contributed by atoms with van der Waals surface area (Å²) in [5.74, 6) is -0.287. The van der Waals surface area contributed by atoms with Gasteiger partial charge in [0.15, 0.2) is 0 Å². The first-order chi connectivity index (χ1) is 4.66. The fourth-order valence-corrected chi connectivity index (χ4v) is 0.295. The van der Waals surface area contributed by atoms with Gasteiger partial charge in [-0.3, -0.25) is 0 Å². The van der Waals surface area contributed by atoms with Crippen molar-refractivity contribution in [3.05, 3.63) is 11.6 Å². The highest BCUT2D eigenvalue weighted by Gasteiger charge is 1.89. The fourth-order valence-electron chi connectivity index (χ4n) is 0.295. The third kappa shape index (κ3) is 10.2. The van der Waals surface area contributed by atoms with Gasteiger partial charge in [0.2, 0.25) is 0 Å². The Bertz CT molecular complexity index is 110. The van der Waals surface area contributed by atoms with Crippen molar-refractivity contribution in [2.75, 3.05) is 7.11 Å². The molecule has 0 radical (unpaired) electrons. The molecule has 0 fully saturated rings. The number of esters is 1. The van der Waals surface area contributed by atoms with Crippen LogP contribution in [-0.2, 0) is 9.53 Å². The summed E-state index contributed by atoms with van der Waals surface area (Å²) < 4.78 is 4.35. The van der Waals surface area contributed by atoms with E-state index in [0.717, 1.165) is 5.57 Å². The van der Waals surface area contributed by atoms with Crippen LogP contribution < -0.4 is 0 Å². The minimum absolute atomic E-state index is 0.287. The number of ether oxygens (including phenoxy) is 1. The second-order valence-corrected chi connectivity index (χ2v) is 1.74. The maximum Gasteiger partial charge on any atom is 0.330 e. The molecule has 0 saturated carbocycles. The molecule has 2 heteroatoms. The number of hydrogen-bond acceptors (Lipinski definition) is 2. The van der Waals surface area contributed by atoms with Crippen LogP contribution in [0.1, 0.15) is 27.7 Å². The van der Waals surface area contributed by atoms with E-state index in [-0.39, 0.29) is 5.97 Å². The molecule has 0 aromatic carbocycles. The van der Waals surface area contributed by atoms with Crippen LogP contribution in [0, 0.1) is 0 Å². The molecule has 0 bridgehead atoms. The van der Waals surface area contributed by atoms with Gasteiger partial charge >= 0.3 is 5.97 Å². The number of allylic oxidation sites excluding steroid dienone is 1. The van der Waals surface area contributed by atoms with E-state index in [0.29, 0.717) is 0 Å². The van der Waals surface area contributed by atoms with Crippen molar-refractivity contribution in [1.29, 1.82) is 0 Å². The maximum absolute atomic E-state index is 10.3. The van der Waals surface area contributed by atoms with Crippen LogP contribution in [-0.4, -0.2) is 13.1 Å². The van der Waals surface area contributed by atoms with Gasteiger partial charge in [-0.1, -0.05) is 19.4 Å². The number of carbonyl (C=O) groups is 1. The van der Waals surface area contributed by atoms with Gasteiger partial charge in [0.25, 0.3) is 0 Å². The molecule has 0 unspecified atom stereocenters. The first kappa shape index (κ1) is 11.9. The van der Waals surface area contributed by atoms with Crippen molar-refractivity contribution in [3.63, 3.8) is 0 Å². The predicted molar refractivity (Wildman–Crippen MR) is 42.8 cm³/mol. The highest BCUT2D eigenvalue weighted by atomic mass is 16.5. The molecule has 10 heavy (non-hydrogen) atoms. The van der Waals surface area contributed by atoms with E-state index in [4.69, 9.17) is 0 Å². The summed E-state index contributed by atoms with van der Waals surface area (Å²) in [5.41, 5.74) is 0.955. The van der Waals surface area contributed by atoms with Crippen molar-refractivity contribution in [2.24, 2.45) is 0 Å². The van der Waals surface area contributed by atoms with Gasteiger partial charge < -0.3 is 4.74 Å². The Kier molecular flexibility index (Phi) is 9.80. The van der Waals surface area contributed by atoms with E-state index in [2.05, 4.69) is 4.74 Å². The lowest BCUT2D eigenvalue weighted by molar-refractivity contribution is -0.134. The quantitative estimate of drug-likeness (QED) is 0.416. The first-order valence-corrected chi connectivity index (χ1v) is 3.39. The number of methoxy groups -OCH3 is 1. The second-order valence-electron chi connectivity index (χ2n) is 1.74. The summed E-state index contributed by atoms with van der Waals surface area (Å²) in [6.45, 7) is 7.69. The van der Waals surface area contributed by atoms with Gasteiger partial charge in [0.05, 0.1) is 7.11 Å². The molecule has 0 amide bonds. The molecule has 0 heterocycles. The van der Waals surface area contributed by atoms with Gasteiger partial charge in [0.1, 0.15) is 0 Å². The SMILES string of the molecule is CC.COC(=O)C=C(C)C. The van der Waals surface area contributed by atoms with Crippen molar-refractivity contribution < 1.29 is 9.53 Å². The van der Waals surface area contributed by atoms with E-state index in [1.54, 1.807) is 0 Å². The normalized spacial score (nSPS) is 6.90. The van der Waals surface area contributed by atoms with Gasteiger partial charge in [-0.25, -0.2) is 4.79 Å². The van der Waals surface area contributed by atoms with Crippen molar-refractivity contribution in [1.82, 2.24) is 0 Å². The van der Waals surface area contributed by atoms with Crippen molar-refractivity contribution >= 4 is 5.97 Å². The van der Waals surface area contributed by atoms with Crippen molar-refractivity contribution in [3.8, 4) is 0 Å². The Morgan fingerprint density at radius 1 is 1.30 bits per heavy atom. The van der Waals surface area contributed by atoms with Crippen LogP contribution in [0.3, 0.4) is 0 Å². The molecule has 0 aromatic heterocycles. The van der Waals surface area contributed by atoms with E-state index < -0.39 is 0 Å². The Balaban J connectivity index is 0. The van der Waals surface area contributed by atoms with Crippen LogP contribution in [0.25, 0.3) is 0 Å². The molecule has 0 aromatic rings. The van der Waals surface area contributed by atoms with Gasteiger partial charge in [0, 0.05) is 6.08 Å². The molecule has 0 atom stereocenters. The molecule has 0 N–H and O–H groups in total. The molecule has 0 aliphatic heterocycles. The highest BCUT2D eigenvalue weighted by Crippen LogP contribution is 1.88. The Hall–Kier alpha value is -0.790. The second kappa shape index (κ2) is 8.21. The average molecular weight is 144 g/mol. The van der Waals surface area contributed by atoms with Crippen molar-refractivity contribution in [2.45, 2.75) is 27.7 Å². The van der Waals surface area contributed by atoms with Gasteiger partial charge in [-0.05, 0) is 13.8 Å². The zero-order valence-electron chi connectivity index (χ0n) is 7.39. The zero-order chi connectivity index (χ0) is 8.57. The van der Waals surface area contributed by atoms with Crippen LogP contribution in [0.4, 0.5) is 0 Å². The summed E-state index contributed by atoms with van der Waals surface area (Å²) in [6.07, 6.45) is 1.44. The average Bonchev–Trinajstić information content (AvgIpc) is 1.91. The molecule has 0 spiro atoms. The van der Waals surface area contributed by atoms with Crippen LogP contribution >= 0.6 is 0 Å². The molecule has 0 aliphatic rings. The molecule has 0 saturated heterocycles. The summed E-state index contributed by atoms with van der Waals surface area (Å²) in [4.78, 5) is 10.3. The van der Waals surface area contributed by atoms with Gasteiger partial charge in [-0.2, -0.15) is 0 Å². The standard InChI is InChI=1S/C6H10O2.C2H6/c1-5(2)4-6(7)8-3;1-2/h4H,1-3H3;1-2H3. The number of carbonyl (C=O) groups excluding carboxylic acids is 1. The first-order valence-electron chi connectivity index (χ1n) is 3.39. The summed E-state index contributed by atoms with van der Waals surface area (Å²) >= 11 is 0. The fraction of sp³-hybridized carbons (Fsp3) is 0.625.